The zero-order chi connectivity index (χ0) is 10.8. The van der Waals surface area contributed by atoms with Crippen molar-refractivity contribution in [3.63, 3.8) is 0 Å². The number of hydrogen-bond acceptors (Lipinski definition) is 2. The van der Waals surface area contributed by atoms with E-state index in [0.29, 0.717) is 0 Å². The second-order valence-electron chi connectivity index (χ2n) is 3.53. The average molecular weight is 222 g/mol. The van der Waals surface area contributed by atoms with Crippen LogP contribution in [0.3, 0.4) is 0 Å². The Morgan fingerprint density at radius 1 is 1.00 bits per heavy atom. The summed E-state index contributed by atoms with van der Waals surface area (Å²) in [5.41, 5.74) is 0. The van der Waals surface area contributed by atoms with Crippen molar-refractivity contribution in [1.82, 2.24) is 0 Å². The quantitative estimate of drug-likeness (QED) is 0.376. The van der Waals surface area contributed by atoms with Gasteiger partial charge in [0.1, 0.15) is 6.29 Å². The predicted molar refractivity (Wildman–Crippen MR) is 66.3 cm³/mol. The van der Waals surface area contributed by atoms with E-state index in [1.54, 1.807) is 0 Å². The first kappa shape index (κ1) is 12.3. The normalized spacial score (nSPS) is 10.1. The molecule has 1 nitrogen and oxygen atoms in total. The molecule has 1 aromatic rings. The lowest BCUT2D eigenvalue weighted by atomic mass is 10.2. The topological polar surface area (TPSA) is 17.1 Å². The van der Waals surface area contributed by atoms with Gasteiger partial charge in [-0.15, -0.1) is 11.8 Å². The van der Waals surface area contributed by atoms with Gasteiger partial charge in [0, 0.05) is 11.3 Å². The van der Waals surface area contributed by atoms with Gasteiger partial charge in [0.25, 0.3) is 0 Å². The molecular weight excluding hydrogens is 204 g/mol. The Morgan fingerprint density at radius 3 is 2.47 bits per heavy atom. The first-order chi connectivity index (χ1) is 7.43. The molecule has 0 fully saturated rings. The highest BCUT2D eigenvalue weighted by molar-refractivity contribution is 7.99. The minimum atomic E-state index is 0.728. The first-order valence-electron chi connectivity index (χ1n) is 5.55. The van der Waals surface area contributed by atoms with Crippen molar-refractivity contribution >= 4 is 18.0 Å². The van der Waals surface area contributed by atoms with Crippen molar-refractivity contribution in [3.8, 4) is 0 Å². The molecule has 1 aromatic carbocycles. The standard InChI is InChI=1S/C13H18OS/c14-11-7-2-1-3-8-12-15-13-9-5-4-6-10-13/h4-6,9-11H,1-3,7-8,12H2. The Bertz CT molecular complexity index is 258. The van der Waals surface area contributed by atoms with Crippen molar-refractivity contribution in [2.75, 3.05) is 5.75 Å². The summed E-state index contributed by atoms with van der Waals surface area (Å²) in [6.07, 6.45) is 6.48. The fourth-order valence-electron chi connectivity index (χ4n) is 1.39. The summed E-state index contributed by atoms with van der Waals surface area (Å²) >= 11 is 1.91. The van der Waals surface area contributed by atoms with Crippen LogP contribution in [0.4, 0.5) is 0 Å². The Labute approximate surface area is 96.3 Å². The molecule has 15 heavy (non-hydrogen) atoms. The van der Waals surface area contributed by atoms with Gasteiger partial charge in [0.15, 0.2) is 0 Å². The van der Waals surface area contributed by atoms with Crippen LogP contribution < -0.4 is 0 Å². The van der Waals surface area contributed by atoms with Crippen molar-refractivity contribution in [2.24, 2.45) is 0 Å². The number of unbranched alkanes of at least 4 members (excludes halogenated alkanes) is 4. The number of carbonyl (C=O) groups excluding carboxylic acids is 1. The molecule has 2 heteroatoms. The van der Waals surface area contributed by atoms with E-state index in [-0.39, 0.29) is 0 Å². The number of aldehydes is 1. The van der Waals surface area contributed by atoms with Crippen LogP contribution in [-0.4, -0.2) is 12.0 Å². The van der Waals surface area contributed by atoms with Crippen molar-refractivity contribution < 1.29 is 4.79 Å². The van der Waals surface area contributed by atoms with Gasteiger partial charge < -0.3 is 4.79 Å². The van der Waals surface area contributed by atoms with Gasteiger partial charge in [-0.25, -0.2) is 0 Å². The third-order valence-electron chi connectivity index (χ3n) is 2.23. The van der Waals surface area contributed by atoms with Gasteiger partial charge in [-0.2, -0.15) is 0 Å². The van der Waals surface area contributed by atoms with Gasteiger partial charge in [-0.3, -0.25) is 0 Å². The van der Waals surface area contributed by atoms with Crippen LogP contribution in [0.25, 0.3) is 0 Å². The molecule has 82 valence electrons. The number of rotatable bonds is 8. The molecule has 1 rings (SSSR count). The predicted octanol–water partition coefficient (Wildman–Crippen LogP) is 3.93. The van der Waals surface area contributed by atoms with Crippen LogP contribution in [0.2, 0.25) is 0 Å². The highest BCUT2D eigenvalue weighted by atomic mass is 32.2. The van der Waals surface area contributed by atoms with E-state index in [2.05, 4.69) is 24.3 Å². The molecule has 0 aliphatic carbocycles. The summed E-state index contributed by atoms with van der Waals surface area (Å²) in [7, 11) is 0. The van der Waals surface area contributed by atoms with Crippen molar-refractivity contribution in [1.29, 1.82) is 0 Å². The maximum atomic E-state index is 10.1. The second kappa shape index (κ2) is 8.54. The summed E-state index contributed by atoms with van der Waals surface area (Å²) in [6, 6.07) is 10.5. The van der Waals surface area contributed by atoms with E-state index in [4.69, 9.17) is 0 Å². The minimum Gasteiger partial charge on any atom is -0.303 e. The van der Waals surface area contributed by atoms with Gasteiger partial charge >= 0.3 is 0 Å². The summed E-state index contributed by atoms with van der Waals surface area (Å²) in [6.45, 7) is 0. The molecule has 0 spiro atoms. The molecule has 0 aliphatic heterocycles. The Morgan fingerprint density at radius 2 is 1.73 bits per heavy atom. The molecular formula is C13H18OS. The molecule has 0 heterocycles. The average Bonchev–Trinajstić information content (AvgIpc) is 2.29. The van der Waals surface area contributed by atoms with Crippen molar-refractivity contribution in [2.45, 2.75) is 37.0 Å². The Hall–Kier alpha value is -0.760. The monoisotopic (exact) mass is 222 g/mol. The number of carbonyl (C=O) groups is 1. The summed E-state index contributed by atoms with van der Waals surface area (Å²) in [4.78, 5) is 11.4. The lowest BCUT2D eigenvalue weighted by Crippen LogP contribution is -1.83. The lowest BCUT2D eigenvalue weighted by molar-refractivity contribution is -0.107. The first-order valence-corrected chi connectivity index (χ1v) is 6.53. The van der Waals surface area contributed by atoms with Crippen LogP contribution in [0.5, 0.6) is 0 Å². The van der Waals surface area contributed by atoms with Crippen molar-refractivity contribution in [3.05, 3.63) is 30.3 Å². The van der Waals surface area contributed by atoms with E-state index in [0.717, 1.165) is 19.1 Å². The van der Waals surface area contributed by atoms with E-state index >= 15 is 0 Å². The van der Waals surface area contributed by atoms with Gasteiger partial charge in [0.2, 0.25) is 0 Å². The Balaban J connectivity index is 1.95. The zero-order valence-electron chi connectivity index (χ0n) is 9.02. The second-order valence-corrected chi connectivity index (χ2v) is 4.70. The maximum absolute atomic E-state index is 10.1. The number of thioether (sulfide) groups is 1. The summed E-state index contributed by atoms with van der Waals surface area (Å²) < 4.78 is 0. The van der Waals surface area contributed by atoms with Gasteiger partial charge in [-0.05, 0) is 30.7 Å². The van der Waals surface area contributed by atoms with Crippen LogP contribution in [0.1, 0.15) is 32.1 Å². The van der Waals surface area contributed by atoms with E-state index < -0.39 is 0 Å². The SMILES string of the molecule is O=CCCCCCCSc1ccccc1. The summed E-state index contributed by atoms with van der Waals surface area (Å²) in [5, 5.41) is 0. The fraction of sp³-hybridized carbons (Fsp3) is 0.462. The minimum absolute atomic E-state index is 0.728. The van der Waals surface area contributed by atoms with E-state index in [1.807, 2.05) is 17.8 Å². The largest absolute Gasteiger partial charge is 0.303 e. The fourth-order valence-corrected chi connectivity index (χ4v) is 2.32. The van der Waals surface area contributed by atoms with Gasteiger partial charge in [0.05, 0.1) is 0 Å². The van der Waals surface area contributed by atoms with Gasteiger partial charge in [-0.1, -0.05) is 31.0 Å². The zero-order valence-corrected chi connectivity index (χ0v) is 9.84. The Kier molecular flexibility index (Phi) is 7.01. The highest BCUT2D eigenvalue weighted by Gasteiger charge is 1.93. The molecule has 0 aliphatic rings. The molecule has 0 bridgehead atoms. The molecule has 0 N–H and O–H groups in total. The third-order valence-corrected chi connectivity index (χ3v) is 3.33. The molecule has 0 atom stereocenters. The molecule has 0 amide bonds. The van der Waals surface area contributed by atoms with E-state index in [1.165, 1.54) is 29.9 Å². The highest BCUT2D eigenvalue weighted by Crippen LogP contribution is 2.18. The van der Waals surface area contributed by atoms with Crippen LogP contribution >= 0.6 is 11.8 Å². The number of hydrogen-bond donors (Lipinski definition) is 0. The lowest BCUT2D eigenvalue weighted by Gasteiger charge is -2.00. The molecule has 0 unspecified atom stereocenters. The van der Waals surface area contributed by atoms with Crippen LogP contribution in [0.15, 0.2) is 35.2 Å². The molecule has 0 radical (unpaired) electrons. The molecule has 0 saturated heterocycles. The maximum Gasteiger partial charge on any atom is 0.119 e. The summed E-state index contributed by atoms with van der Waals surface area (Å²) in [5.74, 6) is 1.19. The smallest absolute Gasteiger partial charge is 0.119 e. The molecule has 0 aromatic heterocycles. The third kappa shape index (κ3) is 6.34. The molecule has 0 saturated carbocycles. The van der Waals surface area contributed by atoms with Crippen LogP contribution in [-0.2, 0) is 4.79 Å². The number of benzene rings is 1. The van der Waals surface area contributed by atoms with Crippen LogP contribution in [0, 0.1) is 0 Å². The van der Waals surface area contributed by atoms with E-state index in [9.17, 15) is 4.79 Å².